The lowest BCUT2D eigenvalue weighted by molar-refractivity contribution is 0.0955. The number of halogens is 1. The summed E-state index contributed by atoms with van der Waals surface area (Å²) in [5, 5.41) is 4.43. The van der Waals surface area contributed by atoms with Crippen LogP contribution in [0.2, 0.25) is 5.02 Å². The van der Waals surface area contributed by atoms with Gasteiger partial charge in [0.05, 0.1) is 31.1 Å². The average Bonchev–Trinajstić information content (AvgIpc) is 2.68. The van der Waals surface area contributed by atoms with Gasteiger partial charge < -0.3 is 14.2 Å². The molecule has 0 bridgehead atoms. The predicted molar refractivity (Wildman–Crippen MR) is 111 cm³/mol. The average molecular weight is 405 g/mol. The van der Waals surface area contributed by atoms with Crippen LogP contribution in [0, 0.1) is 0 Å². The molecule has 0 saturated heterocycles. The third-order valence-corrected chi connectivity index (χ3v) is 3.87. The number of hydrazone groups is 1. The van der Waals surface area contributed by atoms with E-state index < -0.39 is 0 Å². The van der Waals surface area contributed by atoms with Crippen LogP contribution in [0.4, 0.5) is 0 Å². The van der Waals surface area contributed by atoms with E-state index in [1.54, 1.807) is 36.4 Å². The Kier molecular flexibility index (Phi) is 8.62. The molecule has 6 nitrogen and oxygen atoms in total. The Hall–Kier alpha value is -2.73. The zero-order valence-electron chi connectivity index (χ0n) is 16.3. The van der Waals surface area contributed by atoms with E-state index in [2.05, 4.69) is 10.5 Å². The summed E-state index contributed by atoms with van der Waals surface area (Å²) in [6, 6.07) is 10.3. The number of hydrogen-bond acceptors (Lipinski definition) is 5. The molecule has 0 aliphatic carbocycles. The number of nitrogens with one attached hydrogen (secondary N) is 1. The number of rotatable bonds is 10. The van der Waals surface area contributed by atoms with Gasteiger partial charge in [-0.15, -0.1) is 0 Å². The molecule has 0 aliphatic heterocycles. The first-order valence-electron chi connectivity index (χ1n) is 9.24. The van der Waals surface area contributed by atoms with Crippen molar-refractivity contribution in [1.29, 1.82) is 0 Å². The summed E-state index contributed by atoms with van der Waals surface area (Å²) in [6.45, 7) is 7.41. The number of ether oxygens (including phenoxy) is 3. The predicted octanol–water partition coefficient (Wildman–Crippen LogP) is 4.69. The van der Waals surface area contributed by atoms with Gasteiger partial charge in [0.2, 0.25) is 0 Å². The second-order valence-corrected chi connectivity index (χ2v) is 6.18. The van der Waals surface area contributed by atoms with Crippen molar-refractivity contribution >= 4 is 23.7 Å². The van der Waals surface area contributed by atoms with E-state index in [4.69, 9.17) is 25.8 Å². The van der Waals surface area contributed by atoms with Crippen LogP contribution >= 0.6 is 11.6 Å². The maximum atomic E-state index is 12.2. The highest BCUT2D eigenvalue weighted by Gasteiger charge is 2.12. The molecule has 150 valence electrons. The molecule has 2 aromatic rings. The van der Waals surface area contributed by atoms with E-state index in [0.29, 0.717) is 53.2 Å². The fourth-order valence-corrected chi connectivity index (χ4v) is 2.64. The molecule has 0 atom stereocenters. The van der Waals surface area contributed by atoms with E-state index in [1.807, 2.05) is 20.8 Å². The van der Waals surface area contributed by atoms with Gasteiger partial charge in [-0.1, -0.05) is 18.5 Å². The molecule has 0 saturated carbocycles. The van der Waals surface area contributed by atoms with Gasteiger partial charge >= 0.3 is 0 Å². The Balaban J connectivity index is 2.07. The Morgan fingerprint density at radius 3 is 2.43 bits per heavy atom. The molecule has 0 unspecified atom stereocenters. The lowest BCUT2D eigenvalue weighted by Crippen LogP contribution is -2.17. The van der Waals surface area contributed by atoms with Gasteiger partial charge in [0.15, 0.2) is 11.5 Å². The second-order valence-electron chi connectivity index (χ2n) is 5.77. The number of benzene rings is 2. The monoisotopic (exact) mass is 404 g/mol. The minimum Gasteiger partial charge on any atom is -0.494 e. The summed E-state index contributed by atoms with van der Waals surface area (Å²) in [6.07, 6.45) is 2.37. The van der Waals surface area contributed by atoms with E-state index >= 15 is 0 Å². The highest BCUT2D eigenvalue weighted by atomic mass is 35.5. The fourth-order valence-electron chi connectivity index (χ4n) is 2.37. The summed E-state index contributed by atoms with van der Waals surface area (Å²) >= 11 is 6.32. The van der Waals surface area contributed by atoms with E-state index in [1.165, 1.54) is 6.21 Å². The summed E-state index contributed by atoms with van der Waals surface area (Å²) in [5.74, 6) is 1.45. The zero-order chi connectivity index (χ0) is 20.4. The molecule has 0 aliphatic rings. The molecule has 0 spiro atoms. The smallest absolute Gasteiger partial charge is 0.271 e. The van der Waals surface area contributed by atoms with Crippen LogP contribution in [0.25, 0.3) is 0 Å². The molecular weight excluding hydrogens is 380 g/mol. The van der Waals surface area contributed by atoms with Crippen LogP contribution in [-0.2, 0) is 0 Å². The van der Waals surface area contributed by atoms with Crippen molar-refractivity contribution in [2.45, 2.75) is 27.2 Å². The number of hydrogen-bond donors (Lipinski definition) is 1. The SMILES string of the molecule is CCCOc1c(Cl)cc(/C=N/NC(=O)c2ccc(OCC)cc2)cc1OCC. The normalized spacial score (nSPS) is 10.7. The molecule has 2 aromatic carbocycles. The number of carbonyl (C=O) groups is 1. The number of carbonyl (C=O) groups excluding carboxylic acids is 1. The van der Waals surface area contributed by atoms with Crippen molar-refractivity contribution in [2.24, 2.45) is 5.10 Å². The number of amides is 1. The summed E-state index contributed by atoms with van der Waals surface area (Å²) in [7, 11) is 0. The summed E-state index contributed by atoms with van der Waals surface area (Å²) < 4.78 is 16.6. The Morgan fingerprint density at radius 1 is 1.07 bits per heavy atom. The van der Waals surface area contributed by atoms with Gasteiger partial charge in [0.25, 0.3) is 5.91 Å². The first-order chi connectivity index (χ1) is 13.6. The molecule has 2 rings (SSSR count). The van der Waals surface area contributed by atoms with Crippen LogP contribution < -0.4 is 19.6 Å². The second kappa shape index (κ2) is 11.2. The summed E-state index contributed by atoms with van der Waals surface area (Å²) in [5.41, 5.74) is 3.66. The van der Waals surface area contributed by atoms with Gasteiger partial charge in [0.1, 0.15) is 5.75 Å². The molecule has 28 heavy (non-hydrogen) atoms. The Bertz CT molecular complexity index is 807. The first-order valence-corrected chi connectivity index (χ1v) is 9.62. The molecule has 0 radical (unpaired) electrons. The van der Waals surface area contributed by atoms with E-state index in [9.17, 15) is 4.79 Å². The van der Waals surface area contributed by atoms with E-state index in [-0.39, 0.29) is 5.91 Å². The van der Waals surface area contributed by atoms with Gasteiger partial charge in [-0.25, -0.2) is 5.43 Å². The third-order valence-electron chi connectivity index (χ3n) is 3.59. The van der Waals surface area contributed by atoms with Crippen LogP contribution in [0.15, 0.2) is 41.5 Å². The zero-order valence-corrected chi connectivity index (χ0v) is 17.1. The minimum absolute atomic E-state index is 0.321. The van der Waals surface area contributed by atoms with Crippen molar-refractivity contribution in [1.82, 2.24) is 5.43 Å². The van der Waals surface area contributed by atoms with Crippen LogP contribution in [0.1, 0.15) is 43.1 Å². The van der Waals surface area contributed by atoms with Crippen molar-refractivity contribution in [2.75, 3.05) is 19.8 Å². The highest BCUT2D eigenvalue weighted by Crippen LogP contribution is 2.36. The Labute approximate surface area is 170 Å². The van der Waals surface area contributed by atoms with Crippen molar-refractivity contribution in [3.63, 3.8) is 0 Å². The topological polar surface area (TPSA) is 69.2 Å². The van der Waals surface area contributed by atoms with Gasteiger partial charge in [-0.05, 0) is 62.2 Å². The fraction of sp³-hybridized carbons (Fsp3) is 0.333. The third kappa shape index (κ3) is 6.16. The molecule has 0 heterocycles. The van der Waals surface area contributed by atoms with Crippen LogP contribution in [0.3, 0.4) is 0 Å². The van der Waals surface area contributed by atoms with Crippen LogP contribution in [-0.4, -0.2) is 31.9 Å². The lowest BCUT2D eigenvalue weighted by atomic mass is 10.2. The quantitative estimate of drug-likeness (QED) is 0.460. The summed E-state index contributed by atoms with van der Waals surface area (Å²) in [4.78, 5) is 12.2. The van der Waals surface area contributed by atoms with E-state index in [0.717, 1.165) is 6.42 Å². The van der Waals surface area contributed by atoms with Gasteiger partial charge in [-0.2, -0.15) is 5.10 Å². The molecule has 0 aromatic heterocycles. The largest absolute Gasteiger partial charge is 0.494 e. The molecular formula is C21H25ClN2O4. The lowest BCUT2D eigenvalue weighted by Gasteiger charge is -2.13. The maximum absolute atomic E-state index is 12.2. The van der Waals surface area contributed by atoms with Crippen molar-refractivity contribution in [3.05, 3.63) is 52.5 Å². The first kappa shape index (κ1) is 21.6. The van der Waals surface area contributed by atoms with Crippen molar-refractivity contribution in [3.8, 4) is 17.2 Å². The van der Waals surface area contributed by atoms with Crippen molar-refractivity contribution < 1.29 is 19.0 Å². The molecule has 7 heteroatoms. The molecule has 1 N–H and O–H groups in total. The van der Waals surface area contributed by atoms with Gasteiger partial charge in [-0.3, -0.25) is 4.79 Å². The Morgan fingerprint density at radius 2 is 1.79 bits per heavy atom. The highest BCUT2D eigenvalue weighted by molar-refractivity contribution is 6.32. The minimum atomic E-state index is -0.321. The van der Waals surface area contributed by atoms with Crippen LogP contribution in [0.5, 0.6) is 17.2 Å². The molecule has 1 amide bonds. The maximum Gasteiger partial charge on any atom is 0.271 e. The van der Waals surface area contributed by atoms with Gasteiger partial charge in [0, 0.05) is 5.56 Å². The standard InChI is InChI=1S/C21H25ClN2O4/c1-4-11-28-20-18(22)12-15(13-19(20)27-6-3)14-23-24-21(25)16-7-9-17(10-8-16)26-5-2/h7-10,12-14H,4-6,11H2,1-3H3,(H,24,25)/b23-14+. The number of nitrogens with zero attached hydrogens (tertiary/aromatic N) is 1. The molecule has 0 fully saturated rings.